The van der Waals surface area contributed by atoms with Gasteiger partial charge in [0.15, 0.2) is 0 Å². The van der Waals surface area contributed by atoms with Crippen molar-refractivity contribution in [1.29, 1.82) is 0 Å². The molecule has 106 valence electrons. The number of hydrogen-bond donors (Lipinski definition) is 2. The Kier molecular flexibility index (Phi) is 3.87. The Morgan fingerprint density at radius 3 is 2.47 bits per heavy atom. The predicted molar refractivity (Wildman–Crippen MR) is 66.6 cm³/mol. The number of halogens is 3. The summed E-state index contributed by atoms with van der Waals surface area (Å²) in [7, 11) is 0. The summed E-state index contributed by atoms with van der Waals surface area (Å²) < 4.78 is 38.7. The fraction of sp³-hybridized carbons (Fsp3) is 0.571. The second-order valence-corrected chi connectivity index (χ2v) is 5.35. The van der Waals surface area contributed by atoms with Crippen LogP contribution in [0.2, 0.25) is 0 Å². The van der Waals surface area contributed by atoms with Crippen molar-refractivity contribution in [1.82, 2.24) is 5.32 Å². The summed E-state index contributed by atoms with van der Waals surface area (Å²) in [5.41, 5.74) is -0.450. The molecule has 0 saturated heterocycles. The van der Waals surface area contributed by atoms with Gasteiger partial charge in [0.2, 0.25) is 0 Å². The first-order valence-corrected chi connectivity index (χ1v) is 6.38. The largest absolute Gasteiger partial charge is 0.416 e. The highest BCUT2D eigenvalue weighted by atomic mass is 19.4. The molecule has 1 saturated carbocycles. The summed E-state index contributed by atoms with van der Waals surface area (Å²) in [4.78, 5) is 0. The van der Waals surface area contributed by atoms with Crippen LogP contribution in [-0.4, -0.2) is 18.3 Å². The van der Waals surface area contributed by atoms with Crippen LogP contribution >= 0.6 is 0 Å². The van der Waals surface area contributed by atoms with Crippen LogP contribution in [0.5, 0.6) is 0 Å². The summed E-state index contributed by atoms with van der Waals surface area (Å²) in [6.07, 6.45) is -2.46. The van der Waals surface area contributed by atoms with E-state index < -0.39 is 11.7 Å². The maximum Gasteiger partial charge on any atom is 0.416 e. The van der Waals surface area contributed by atoms with Crippen molar-refractivity contribution in [2.24, 2.45) is 5.41 Å². The summed E-state index contributed by atoms with van der Waals surface area (Å²) in [5, 5.41) is 12.3. The van der Waals surface area contributed by atoms with Gasteiger partial charge in [-0.2, -0.15) is 13.2 Å². The minimum atomic E-state index is -4.33. The highest BCUT2D eigenvalue weighted by Gasteiger charge is 2.42. The quantitative estimate of drug-likeness (QED) is 0.864. The molecular weight excluding hydrogens is 255 g/mol. The molecule has 0 spiro atoms. The number of aliphatic hydroxyl groups is 1. The van der Waals surface area contributed by atoms with Crippen molar-refractivity contribution < 1.29 is 18.3 Å². The van der Waals surface area contributed by atoms with Gasteiger partial charge < -0.3 is 10.4 Å². The van der Waals surface area contributed by atoms with E-state index in [0.29, 0.717) is 6.54 Å². The molecule has 1 aromatic rings. The summed E-state index contributed by atoms with van der Waals surface area (Å²) in [5.74, 6) is 0. The number of nitrogens with one attached hydrogen (secondary N) is 1. The Morgan fingerprint density at radius 2 is 1.95 bits per heavy atom. The standard InChI is InChI=1S/C14H18F3NO/c1-10(18-8-13(9-19)6-7-13)11-4-2-3-5-12(11)14(15,16)17/h2-5,10,18-19H,6-9H2,1H3. The molecule has 1 fully saturated rings. The Bertz CT molecular complexity index is 441. The van der Waals surface area contributed by atoms with Gasteiger partial charge >= 0.3 is 6.18 Å². The topological polar surface area (TPSA) is 32.3 Å². The molecule has 1 unspecified atom stereocenters. The molecule has 5 heteroatoms. The molecule has 2 nitrogen and oxygen atoms in total. The molecule has 0 aromatic heterocycles. The zero-order valence-electron chi connectivity index (χ0n) is 10.8. The van der Waals surface area contributed by atoms with Gasteiger partial charge in [0.25, 0.3) is 0 Å². The van der Waals surface area contributed by atoms with Crippen LogP contribution in [-0.2, 0) is 6.18 Å². The van der Waals surface area contributed by atoms with E-state index in [-0.39, 0.29) is 23.6 Å². The number of rotatable bonds is 5. The molecule has 0 aliphatic heterocycles. The van der Waals surface area contributed by atoms with Gasteiger partial charge in [0, 0.05) is 24.6 Å². The number of aliphatic hydroxyl groups excluding tert-OH is 1. The Labute approximate surface area is 110 Å². The lowest BCUT2D eigenvalue weighted by molar-refractivity contribution is -0.138. The minimum absolute atomic E-state index is 0.0909. The van der Waals surface area contributed by atoms with Gasteiger partial charge in [0.05, 0.1) is 5.56 Å². The first-order valence-electron chi connectivity index (χ1n) is 6.38. The molecule has 0 bridgehead atoms. The first kappa shape index (κ1) is 14.3. The van der Waals surface area contributed by atoms with Crippen molar-refractivity contribution in [2.45, 2.75) is 32.0 Å². The minimum Gasteiger partial charge on any atom is -0.396 e. The van der Waals surface area contributed by atoms with E-state index in [1.807, 2.05) is 0 Å². The zero-order valence-corrected chi connectivity index (χ0v) is 10.8. The molecule has 1 atom stereocenters. The monoisotopic (exact) mass is 273 g/mol. The molecule has 1 aliphatic carbocycles. The second-order valence-electron chi connectivity index (χ2n) is 5.35. The maximum absolute atomic E-state index is 12.9. The summed E-state index contributed by atoms with van der Waals surface area (Å²) >= 11 is 0. The maximum atomic E-state index is 12.9. The number of benzene rings is 1. The van der Waals surface area contributed by atoms with Crippen molar-refractivity contribution in [3.05, 3.63) is 35.4 Å². The average molecular weight is 273 g/mol. The molecule has 0 radical (unpaired) electrons. The fourth-order valence-corrected chi connectivity index (χ4v) is 2.18. The molecule has 1 aromatic carbocycles. The smallest absolute Gasteiger partial charge is 0.396 e. The molecule has 2 rings (SSSR count). The van der Waals surface area contributed by atoms with Crippen molar-refractivity contribution >= 4 is 0 Å². The summed E-state index contributed by atoms with van der Waals surface area (Å²) in [6, 6.07) is 5.23. The van der Waals surface area contributed by atoms with Crippen molar-refractivity contribution in [2.75, 3.05) is 13.2 Å². The predicted octanol–water partition coefficient (Wildman–Crippen LogP) is 3.13. The Hall–Kier alpha value is -1.07. The van der Waals surface area contributed by atoms with E-state index in [4.69, 9.17) is 0 Å². The lowest BCUT2D eigenvalue weighted by Crippen LogP contribution is -2.30. The fourth-order valence-electron chi connectivity index (χ4n) is 2.18. The molecule has 0 amide bonds. The number of alkyl halides is 3. The third-order valence-corrected chi connectivity index (χ3v) is 3.81. The van der Waals surface area contributed by atoms with Gasteiger partial charge in [-0.1, -0.05) is 18.2 Å². The average Bonchev–Trinajstić information content (AvgIpc) is 3.16. The normalized spacial score (nSPS) is 19.2. The number of hydrogen-bond acceptors (Lipinski definition) is 2. The van der Waals surface area contributed by atoms with Crippen LogP contribution in [0.3, 0.4) is 0 Å². The van der Waals surface area contributed by atoms with E-state index in [1.165, 1.54) is 12.1 Å². The van der Waals surface area contributed by atoms with Crippen LogP contribution < -0.4 is 5.32 Å². The molecule has 19 heavy (non-hydrogen) atoms. The van der Waals surface area contributed by atoms with E-state index in [2.05, 4.69) is 5.32 Å². The van der Waals surface area contributed by atoms with Crippen molar-refractivity contribution in [3.8, 4) is 0 Å². The lowest BCUT2D eigenvalue weighted by atomic mass is 10.00. The Balaban J connectivity index is 2.08. The third kappa shape index (κ3) is 3.28. The molecule has 2 N–H and O–H groups in total. The van der Waals surface area contributed by atoms with Crippen LogP contribution in [0.1, 0.15) is 36.9 Å². The van der Waals surface area contributed by atoms with Gasteiger partial charge in [-0.05, 0) is 31.4 Å². The second kappa shape index (κ2) is 5.13. The van der Waals surface area contributed by atoms with E-state index >= 15 is 0 Å². The SMILES string of the molecule is CC(NCC1(CO)CC1)c1ccccc1C(F)(F)F. The van der Waals surface area contributed by atoms with E-state index in [1.54, 1.807) is 13.0 Å². The van der Waals surface area contributed by atoms with E-state index in [0.717, 1.165) is 18.9 Å². The lowest BCUT2D eigenvalue weighted by Gasteiger charge is -2.22. The molecule has 1 aliphatic rings. The van der Waals surface area contributed by atoms with Crippen LogP contribution in [0.4, 0.5) is 13.2 Å². The zero-order chi connectivity index (χ0) is 14.1. The van der Waals surface area contributed by atoms with Crippen molar-refractivity contribution in [3.63, 3.8) is 0 Å². The van der Waals surface area contributed by atoms with Crippen LogP contribution in [0.25, 0.3) is 0 Å². The van der Waals surface area contributed by atoms with Gasteiger partial charge in [-0.25, -0.2) is 0 Å². The van der Waals surface area contributed by atoms with Gasteiger partial charge in [0.1, 0.15) is 0 Å². The summed E-state index contributed by atoms with van der Waals surface area (Å²) in [6.45, 7) is 2.36. The highest BCUT2D eigenvalue weighted by Crippen LogP contribution is 2.44. The van der Waals surface area contributed by atoms with Gasteiger partial charge in [-0.3, -0.25) is 0 Å². The third-order valence-electron chi connectivity index (χ3n) is 3.81. The highest BCUT2D eigenvalue weighted by molar-refractivity contribution is 5.32. The molecule has 0 heterocycles. The van der Waals surface area contributed by atoms with Gasteiger partial charge in [-0.15, -0.1) is 0 Å². The Morgan fingerprint density at radius 1 is 1.32 bits per heavy atom. The van der Waals surface area contributed by atoms with Crippen LogP contribution in [0, 0.1) is 5.41 Å². The first-order chi connectivity index (χ1) is 8.88. The van der Waals surface area contributed by atoms with E-state index in [9.17, 15) is 18.3 Å². The van der Waals surface area contributed by atoms with Crippen LogP contribution in [0.15, 0.2) is 24.3 Å². The molecular formula is C14H18F3NO.